The molecule has 132 valence electrons. The summed E-state index contributed by atoms with van der Waals surface area (Å²) in [7, 11) is 0. The summed E-state index contributed by atoms with van der Waals surface area (Å²) in [6, 6.07) is 0. The van der Waals surface area contributed by atoms with Gasteiger partial charge in [0.25, 0.3) is 0 Å². The van der Waals surface area contributed by atoms with Crippen LogP contribution in [0.3, 0.4) is 0 Å². The van der Waals surface area contributed by atoms with Crippen molar-refractivity contribution in [3.05, 3.63) is 0 Å². The molecule has 0 aromatic heterocycles. The summed E-state index contributed by atoms with van der Waals surface area (Å²) in [6.45, 7) is 5.83. The van der Waals surface area contributed by atoms with E-state index < -0.39 is 5.54 Å². The second-order valence-electron chi connectivity index (χ2n) is 8.78. The molecule has 3 aliphatic carbocycles. The zero-order valence-corrected chi connectivity index (χ0v) is 15.2. The number of fused-ring (bicyclic) bond motifs is 3. The van der Waals surface area contributed by atoms with Crippen molar-refractivity contribution in [2.75, 3.05) is 13.2 Å². The highest BCUT2D eigenvalue weighted by atomic mass is 35.5. The van der Waals surface area contributed by atoms with Crippen molar-refractivity contribution in [1.82, 2.24) is 5.32 Å². The van der Waals surface area contributed by atoms with Gasteiger partial charge in [0.15, 0.2) is 0 Å². The van der Waals surface area contributed by atoms with Crippen LogP contribution in [0.4, 0.5) is 0 Å². The standard InChI is InChI=1S/C18H30N2O2.ClH/c1-17(2)15-14(4-3-7-22-15)18(17,19)16(21)20-10-13-9-11-5-6-12(13)8-11;/h11-15H,3-10,19H2,1-2H3,(H,20,21);1H. The summed E-state index contributed by atoms with van der Waals surface area (Å²) in [5.74, 6) is 2.71. The Morgan fingerprint density at radius 2 is 2.04 bits per heavy atom. The second-order valence-corrected chi connectivity index (χ2v) is 8.78. The molecular weight excluding hydrogens is 312 g/mol. The Labute approximate surface area is 145 Å². The minimum absolute atomic E-state index is 0. The zero-order valence-electron chi connectivity index (χ0n) is 14.3. The van der Waals surface area contributed by atoms with Crippen LogP contribution < -0.4 is 11.1 Å². The lowest BCUT2D eigenvalue weighted by atomic mass is 9.46. The van der Waals surface area contributed by atoms with Crippen molar-refractivity contribution in [1.29, 1.82) is 0 Å². The zero-order chi connectivity index (χ0) is 15.5. The van der Waals surface area contributed by atoms with Crippen LogP contribution in [0, 0.1) is 29.1 Å². The molecule has 0 spiro atoms. The van der Waals surface area contributed by atoms with E-state index in [1.165, 1.54) is 25.7 Å². The van der Waals surface area contributed by atoms with Crippen LogP contribution in [0.2, 0.25) is 0 Å². The van der Waals surface area contributed by atoms with Gasteiger partial charge >= 0.3 is 0 Å². The molecule has 23 heavy (non-hydrogen) atoms. The Bertz CT molecular complexity index is 484. The first-order valence-electron chi connectivity index (χ1n) is 9.13. The monoisotopic (exact) mass is 342 g/mol. The predicted octanol–water partition coefficient (Wildman–Crippen LogP) is 2.49. The van der Waals surface area contributed by atoms with E-state index in [0.717, 1.165) is 37.8 Å². The van der Waals surface area contributed by atoms with E-state index in [9.17, 15) is 4.79 Å². The molecule has 5 heteroatoms. The van der Waals surface area contributed by atoms with Gasteiger partial charge in [-0.2, -0.15) is 0 Å². The fourth-order valence-electron chi connectivity index (χ4n) is 6.03. The number of carbonyl (C=O) groups is 1. The lowest BCUT2D eigenvalue weighted by molar-refractivity contribution is -0.225. The van der Waals surface area contributed by atoms with Crippen LogP contribution in [0.25, 0.3) is 0 Å². The molecule has 1 saturated heterocycles. The molecule has 0 aromatic rings. The summed E-state index contributed by atoms with van der Waals surface area (Å²) in [4.78, 5) is 12.9. The van der Waals surface area contributed by atoms with Gasteiger partial charge in [-0.3, -0.25) is 4.79 Å². The first-order chi connectivity index (χ1) is 10.4. The number of halogens is 1. The Morgan fingerprint density at radius 3 is 2.70 bits per heavy atom. The van der Waals surface area contributed by atoms with Gasteiger partial charge in [-0.1, -0.05) is 20.3 Å². The molecule has 6 unspecified atom stereocenters. The lowest BCUT2D eigenvalue weighted by Crippen LogP contribution is -2.82. The molecule has 4 aliphatic rings. The lowest BCUT2D eigenvalue weighted by Gasteiger charge is -2.65. The highest BCUT2D eigenvalue weighted by Gasteiger charge is 2.70. The van der Waals surface area contributed by atoms with Gasteiger partial charge in [0.05, 0.1) is 6.10 Å². The van der Waals surface area contributed by atoms with Crippen LogP contribution in [0.5, 0.6) is 0 Å². The molecule has 3 N–H and O–H groups in total. The molecule has 3 saturated carbocycles. The number of hydrogen-bond acceptors (Lipinski definition) is 3. The highest BCUT2D eigenvalue weighted by molar-refractivity contribution is 5.89. The van der Waals surface area contributed by atoms with Crippen LogP contribution in [0.15, 0.2) is 0 Å². The van der Waals surface area contributed by atoms with Gasteiger partial charge in [-0.15, -0.1) is 12.4 Å². The van der Waals surface area contributed by atoms with Crippen molar-refractivity contribution >= 4 is 18.3 Å². The largest absolute Gasteiger partial charge is 0.377 e. The molecule has 1 aliphatic heterocycles. The first-order valence-corrected chi connectivity index (χ1v) is 9.13. The molecule has 6 atom stereocenters. The maximum absolute atomic E-state index is 12.9. The predicted molar refractivity (Wildman–Crippen MR) is 92.4 cm³/mol. The fourth-order valence-corrected chi connectivity index (χ4v) is 6.03. The molecule has 1 heterocycles. The number of nitrogens with one attached hydrogen (secondary N) is 1. The number of rotatable bonds is 3. The van der Waals surface area contributed by atoms with Gasteiger partial charge < -0.3 is 15.8 Å². The average molecular weight is 343 g/mol. The van der Waals surface area contributed by atoms with Crippen molar-refractivity contribution in [2.45, 2.75) is 64.0 Å². The van der Waals surface area contributed by atoms with E-state index in [-0.39, 0.29) is 35.8 Å². The normalized spacial score (nSPS) is 46.5. The first kappa shape index (κ1) is 17.5. The molecule has 4 rings (SSSR count). The van der Waals surface area contributed by atoms with E-state index in [1.54, 1.807) is 0 Å². The average Bonchev–Trinajstić information content (AvgIpc) is 3.14. The van der Waals surface area contributed by atoms with Crippen LogP contribution >= 0.6 is 12.4 Å². The minimum Gasteiger partial charge on any atom is -0.377 e. The molecule has 2 bridgehead atoms. The van der Waals surface area contributed by atoms with E-state index in [0.29, 0.717) is 5.92 Å². The van der Waals surface area contributed by atoms with Crippen LogP contribution in [0.1, 0.15) is 52.4 Å². The second kappa shape index (κ2) is 5.89. The SMILES string of the molecule is CC1(C)C2OCCCC2C1(N)C(=O)NCC1CC2CCC1C2.Cl. The summed E-state index contributed by atoms with van der Waals surface area (Å²) in [6.07, 6.45) is 7.66. The summed E-state index contributed by atoms with van der Waals surface area (Å²) < 4.78 is 5.90. The fraction of sp³-hybridized carbons (Fsp3) is 0.944. The number of carbonyl (C=O) groups excluding carboxylic acids is 1. The number of ether oxygens (including phenoxy) is 1. The quantitative estimate of drug-likeness (QED) is 0.828. The Morgan fingerprint density at radius 1 is 1.26 bits per heavy atom. The third-order valence-corrected chi connectivity index (χ3v) is 7.47. The van der Waals surface area contributed by atoms with E-state index in [2.05, 4.69) is 19.2 Å². The van der Waals surface area contributed by atoms with Crippen molar-refractivity contribution in [3.63, 3.8) is 0 Å². The Hall–Kier alpha value is -0.320. The van der Waals surface area contributed by atoms with Crippen LogP contribution in [-0.4, -0.2) is 30.7 Å². The smallest absolute Gasteiger partial charge is 0.241 e. The van der Waals surface area contributed by atoms with Crippen molar-refractivity contribution < 1.29 is 9.53 Å². The van der Waals surface area contributed by atoms with Crippen molar-refractivity contribution in [3.8, 4) is 0 Å². The van der Waals surface area contributed by atoms with Gasteiger partial charge in [-0.25, -0.2) is 0 Å². The number of amides is 1. The van der Waals surface area contributed by atoms with E-state index >= 15 is 0 Å². The topological polar surface area (TPSA) is 64.3 Å². The van der Waals surface area contributed by atoms with E-state index in [1.807, 2.05) is 0 Å². The highest BCUT2D eigenvalue weighted by Crippen LogP contribution is 2.57. The Balaban J connectivity index is 0.00000156. The van der Waals surface area contributed by atoms with E-state index in [4.69, 9.17) is 10.5 Å². The van der Waals surface area contributed by atoms with Gasteiger partial charge in [-0.05, 0) is 49.9 Å². The third kappa shape index (κ3) is 2.36. The van der Waals surface area contributed by atoms with Gasteiger partial charge in [0, 0.05) is 24.5 Å². The van der Waals surface area contributed by atoms with Crippen LogP contribution in [-0.2, 0) is 9.53 Å². The molecule has 0 aromatic carbocycles. The summed E-state index contributed by atoms with van der Waals surface area (Å²) in [5.41, 5.74) is 5.63. The third-order valence-electron chi connectivity index (χ3n) is 7.47. The Kier molecular flexibility index (Phi) is 4.48. The van der Waals surface area contributed by atoms with Gasteiger partial charge in [0.1, 0.15) is 5.54 Å². The molecule has 4 nitrogen and oxygen atoms in total. The summed E-state index contributed by atoms with van der Waals surface area (Å²) in [5, 5.41) is 3.22. The molecular formula is C18H31ClN2O2. The number of nitrogens with two attached hydrogens (primary N) is 1. The van der Waals surface area contributed by atoms with Crippen molar-refractivity contribution in [2.24, 2.45) is 34.8 Å². The van der Waals surface area contributed by atoms with Gasteiger partial charge in [0.2, 0.25) is 5.91 Å². The number of hydrogen-bond donors (Lipinski definition) is 2. The molecule has 1 amide bonds. The minimum atomic E-state index is -0.754. The molecule has 4 fully saturated rings. The maximum atomic E-state index is 12.9. The summed E-state index contributed by atoms with van der Waals surface area (Å²) >= 11 is 0. The maximum Gasteiger partial charge on any atom is 0.241 e. The molecule has 0 radical (unpaired) electrons.